The number of hydrogen-bond donors (Lipinski definition) is 0. The number of rotatable bonds is 3. The van der Waals surface area contributed by atoms with Crippen LogP contribution in [0.3, 0.4) is 0 Å². The van der Waals surface area contributed by atoms with Crippen LogP contribution in [-0.4, -0.2) is 9.13 Å². The topological polar surface area (TPSA) is 23.0 Å². The summed E-state index contributed by atoms with van der Waals surface area (Å²) in [6, 6.07) is 56.4. The molecule has 0 spiro atoms. The van der Waals surface area contributed by atoms with Crippen LogP contribution in [0.15, 0.2) is 162 Å². The molecule has 0 radical (unpaired) electrons. The zero-order valence-corrected chi connectivity index (χ0v) is 24.3. The van der Waals surface area contributed by atoms with Gasteiger partial charge >= 0.3 is 0 Å². The van der Waals surface area contributed by atoms with Gasteiger partial charge in [-0.3, -0.25) is 0 Å². The Hall–Kier alpha value is -6.06. The summed E-state index contributed by atoms with van der Waals surface area (Å²) >= 11 is 0. The van der Waals surface area contributed by atoms with Gasteiger partial charge in [0.15, 0.2) is 5.58 Å². The zero-order chi connectivity index (χ0) is 29.5. The first-order valence-electron chi connectivity index (χ1n) is 15.4. The largest absolute Gasteiger partial charge is 0.454 e. The van der Waals surface area contributed by atoms with Gasteiger partial charge in [0.05, 0.1) is 27.8 Å². The second-order valence-electron chi connectivity index (χ2n) is 11.7. The summed E-state index contributed by atoms with van der Waals surface area (Å²) in [5.41, 5.74) is 11.1. The molecule has 7 aromatic carbocycles. The maximum Gasteiger partial charge on any atom is 0.159 e. The molecule has 210 valence electrons. The Balaban J connectivity index is 1.33. The molecule has 0 bridgehead atoms. The lowest BCUT2D eigenvalue weighted by molar-refractivity contribution is 0.666. The van der Waals surface area contributed by atoms with Crippen molar-refractivity contribution in [3.05, 3.63) is 158 Å². The van der Waals surface area contributed by atoms with Gasteiger partial charge in [-0.1, -0.05) is 115 Å². The number of benzene rings is 7. The number of aromatic nitrogens is 2. The first kappa shape index (κ1) is 24.4. The minimum Gasteiger partial charge on any atom is -0.454 e. The Bertz CT molecular complexity index is 2740. The summed E-state index contributed by atoms with van der Waals surface area (Å²) in [6.07, 6.45) is 0. The molecule has 3 heteroatoms. The highest BCUT2D eigenvalue weighted by Crippen LogP contribution is 2.43. The summed E-state index contributed by atoms with van der Waals surface area (Å²) in [5, 5.41) is 7.18. The van der Waals surface area contributed by atoms with Gasteiger partial charge in [-0.05, 0) is 53.6 Å². The van der Waals surface area contributed by atoms with Crippen molar-refractivity contribution >= 4 is 65.6 Å². The van der Waals surface area contributed by atoms with E-state index < -0.39 is 0 Å². The summed E-state index contributed by atoms with van der Waals surface area (Å²) in [4.78, 5) is 0. The Morgan fingerprint density at radius 2 is 1.02 bits per heavy atom. The summed E-state index contributed by atoms with van der Waals surface area (Å²) in [6.45, 7) is 0. The Kier molecular flexibility index (Phi) is 5.00. The van der Waals surface area contributed by atoms with E-state index in [-0.39, 0.29) is 0 Å². The molecule has 45 heavy (non-hydrogen) atoms. The van der Waals surface area contributed by atoms with Gasteiger partial charge in [0.1, 0.15) is 5.58 Å². The molecular formula is C42H26N2O. The predicted molar refractivity (Wildman–Crippen MR) is 188 cm³/mol. The lowest BCUT2D eigenvalue weighted by Gasteiger charge is -2.11. The van der Waals surface area contributed by atoms with E-state index in [9.17, 15) is 0 Å². The number of hydrogen-bond acceptors (Lipinski definition) is 1. The lowest BCUT2D eigenvalue weighted by atomic mass is 10.1. The maximum atomic E-state index is 6.60. The quantitative estimate of drug-likeness (QED) is 0.206. The average Bonchev–Trinajstić information content (AvgIpc) is 3.76. The van der Waals surface area contributed by atoms with Crippen molar-refractivity contribution in [2.75, 3.05) is 0 Å². The third-order valence-corrected chi connectivity index (χ3v) is 9.33. The van der Waals surface area contributed by atoms with Crippen molar-refractivity contribution in [3.8, 4) is 22.5 Å². The maximum absolute atomic E-state index is 6.60. The van der Waals surface area contributed by atoms with Crippen LogP contribution >= 0.6 is 0 Å². The van der Waals surface area contributed by atoms with Crippen molar-refractivity contribution in [2.45, 2.75) is 0 Å². The molecule has 10 rings (SSSR count). The molecular weight excluding hydrogens is 548 g/mol. The van der Waals surface area contributed by atoms with Crippen molar-refractivity contribution in [3.63, 3.8) is 0 Å². The summed E-state index contributed by atoms with van der Waals surface area (Å²) in [5.74, 6) is 0. The van der Waals surface area contributed by atoms with Gasteiger partial charge < -0.3 is 13.6 Å². The standard InChI is InChI=1S/C42H26N2O/c1-2-11-27(12-3-1)28-21-23-29(24-22-28)43-36-18-8-5-15-34(36)40-37(43)26-25-32-30-13-4-7-17-35(30)44(41(32)40)38-19-10-16-33-31-14-6-9-20-39(31)45-42(33)38/h1-26H. The van der Waals surface area contributed by atoms with Crippen LogP contribution < -0.4 is 0 Å². The van der Waals surface area contributed by atoms with Crippen LogP contribution in [-0.2, 0) is 0 Å². The highest BCUT2D eigenvalue weighted by atomic mass is 16.3. The number of furan rings is 1. The average molecular weight is 575 g/mol. The molecule has 0 N–H and O–H groups in total. The van der Waals surface area contributed by atoms with Gasteiger partial charge in [0.2, 0.25) is 0 Å². The lowest BCUT2D eigenvalue weighted by Crippen LogP contribution is -1.96. The van der Waals surface area contributed by atoms with Crippen LogP contribution in [0.2, 0.25) is 0 Å². The van der Waals surface area contributed by atoms with Crippen LogP contribution in [0.1, 0.15) is 0 Å². The second kappa shape index (κ2) is 9.22. The molecule has 0 aliphatic rings. The van der Waals surface area contributed by atoms with E-state index in [1.807, 2.05) is 6.07 Å². The Morgan fingerprint density at radius 3 is 1.84 bits per heavy atom. The highest BCUT2D eigenvalue weighted by Gasteiger charge is 2.22. The van der Waals surface area contributed by atoms with Crippen molar-refractivity contribution in [1.29, 1.82) is 0 Å². The molecule has 0 saturated carbocycles. The summed E-state index contributed by atoms with van der Waals surface area (Å²) < 4.78 is 11.4. The van der Waals surface area contributed by atoms with Crippen LogP contribution in [0.4, 0.5) is 0 Å². The molecule has 0 aliphatic heterocycles. The molecule has 0 atom stereocenters. The first-order valence-corrected chi connectivity index (χ1v) is 15.4. The van der Waals surface area contributed by atoms with E-state index in [0.717, 1.165) is 38.8 Å². The molecule has 3 aromatic heterocycles. The van der Waals surface area contributed by atoms with Gasteiger partial charge in [-0.15, -0.1) is 0 Å². The molecule has 10 aromatic rings. The van der Waals surface area contributed by atoms with Crippen LogP contribution in [0.25, 0.3) is 88.1 Å². The molecule has 0 saturated heterocycles. The van der Waals surface area contributed by atoms with Crippen LogP contribution in [0.5, 0.6) is 0 Å². The van der Waals surface area contributed by atoms with Gasteiger partial charge in [0, 0.05) is 38.0 Å². The summed E-state index contributed by atoms with van der Waals surface area (Å²) in [7, 11) is 0. The van der Waals surface area contributed by atoms with Gasteiger partial charge in [0.25, 0.3) is 0 Å². The Labute approximate surface area is 258 Å². The van der Waals surface area contributed by atoms with Crippen molar-refractivity contribution in [1.82, 2.24) is 9.13 Å². The SMILES string of the molecule is c1ccc(-c2ccc(-n3c4ccccc4c4c3ccc3c5ccccc5n(-c5cccc6c5oc5ccccc56)c34)cc2)cc1. The van der Waals surface area contributed by atoms with Gasteiger partial charge in [-0.2, -0.15) is 0 Å². The molecule has 0 unspecified atom stereocenters. The number of nitrogens with zero attached hydrogens (tertiary/aromatic N) is 2. The molecule has 3 heterocycles. The second-order valence-corrected chi connectivity index (χ2v) is 11.7. The predicted octanol–water partition coefficient (Wildman–Crippen LogP) is 11.4. The van der Waals surface area contributed by atoms with Gasteiger partial charge in [-0.25, -0.2) is 0 Å². The third-order valence-electron chi connectivity index (χ3n) is 9.33. The smallest absolute Gasteiger partial charge is 0.159 e. The molecule has 0 amide bonds. The monoisotopic (exact) mass is 574 g/mol. The minimum atomic E-state index is 0.901. The highest BCUT2D eigenvalue weighted by molar-refractivity contribution is 6.26. The van der Waals surface area contributed by atoms with E-state index in [1.165, 1.54) is 49.2 Å². The van der Waals surface area contributed by atoms with E-state index in [4.69, 9.17) is 4.42 Å². The van der Waals surface area contributed by atoms with E-state index in [1.54, 1.807) is 0 Å². The first-order chi connectivity index (χ1) is 22.3. The van der Waals surface area contributed by atoms with E-state index in [2.05, 4.69) is 161 Å². The normalized spacial score (nSPS) is 12.0. The van der Waals surface area contributed by atoms with E-state index >= 15 is 0 Å². The minimum absolute atomic E-state index is 0.901. The van der Waals surface area contributed by atoms with Crippen molar-refractivity contribution < 1.29 is 4.42 Å². The number of fused-ring (bicyclic) bond motifs is 10. The number of para-hydroxylation sites is 4. The van der Waals surface area contributed by atoms with E-state index in [0.29, 0.717) is 0 Å². The van der Waals surface area contributed by atoms with Crippen LogP contribution in [0, 0.1) is 0 Å². The Morgan fingerprint density at radius 1 is 0.378 bits per heavy atom. The fourth-order valence-electron chi connectivity index (χ4n) is 7.38. The fourth-order valence-corrected chi connectivity index (χ4v) is 7.38. The fraction of sp³-hybridized carbons (Fsp3) is 0. The molecule has 0 fully saturated rings. The zero-order valence-electron chi connectivity index (χ0n) is 24.3. The third kappa shape index (κ3) is 3.41. The van der Waals surface area contributed by atoms with Crippen molar-refractivity contribution in [2.24, 2.45) is 0 Å². The molecule has 0 aliphatic carbocycles. The molecule has 3 nitrogen and oxygen atoms in total.